The van der Waals surface area contributed by atoms with Crippen molar-refractivity contribution in [3.05, 3.63) is 41.5 Å². The number of aliphatic hydroxyl groups is 1. The minimum absolute atomic E-state index is 0.0706. The molecule has 0 aliphatic heterocycles. The average Bonchev–Trinajstić information content (AvgIpc) is 2.29. The van der Waals surface area contributed by atoms with Crippen molar-refractivity contribution in [2.24, 2.45) is 0 Å². The van der Waals surface area contributed by atoms with E-state index in [0.717, 1.165) is 6.07 Å². The third-order valence-electron chi connectivity index (χ3n) is 2.52. The molecule has 0 radical (unpaired) electrons. The molecule has 4 nitrogen and oxygen atoms in total. The number of fused-ring (bicyclic) bond motifs is 1. The minimum Gasteiger partial charge on any atom is -0.507 e. The fourth-order valence-corrected chi connectivity index (χ4v) is 1.78. The normalized spacial score (nSPS) is 10.6. The molecule has 0 saturated carbocycles. The van der Waals surface area contributed by atoms with Crippen molar-refractivity contribution >= 4 is 16.7 Å². The predicted molar refractivity (Wildman–Crippen MR) is 58.5 cm³/mol. The molecule has 82 valence electrons. The van der Waals surface area contributed by atoms with Gasteiger partial charge in [0.25, 0.3) is 0 Å². The van der Waals surface area contributed by atoms with E-state index in [1.807, 2.05) is 0 Å². The van der Waals surface area contributed by atoms with Gasteiger partial charge in [0, 0.05) is 10.9 Å². The van der Waals surface area contributed by atoms with Crippen LogP contribution < -0.4 is 0 Å². The molecule has 0 spiro atoms. The smallest absolute Gasteiger partial charge is 0.336 e. The first-order chi connectivity index (χ1) is 7.65. The third kappa shape index (κ3) is 1.49. The molecular formula is C12H10O4. The van der Waals surface area contributed by atoms with Crippen LogP contribution in [0.3, 0.4) is 0 Å². The Balaban J connectivity index is 2.90. The lowest BCUT2D eigenvalue weighted by atomic mass is 9.98. The fraction of sp³-hybridized carbons (Fsp3) is 0.0833. The first-order valence-electron chi connectivity index (χ1n) is 4.73. The maximum Gasteiger partial charge on any atom is 0.336 e. The molecule has 16 heavy (non-hydrogen) atoms. The summed E-state index contributed by atoms with van der Waals surface area (Å²) >= 11 is 0. The quantitative estimate of drug-likeness (QED) is 0.717. The summed E-state index contributed by atoms with van der Waals surface area (Å²) in [6, 6.07) is 7.98. The lowest BCUT2D eigenvalue weighted by Gasteiger charge is -2.09. The zero-order valence-corrected chi connectivity index (χ0v) is 8.34. The Kier molecular flexibility index (Phi) is 2.50. The highest BCUT2D eigenvalue weighted by molar-refractivity contribution is 6.00. The number of phenols is 1. The topological polar surface area (TPSA) is 77.8 Å². The molecular weight excluding hydrogens is 208 g/mol. The summed E-state index contributed by atoms with van der Waals surface area (Å²) in [5.41, 5.74) is 0.250. The monoisotopic (exact) mass is 218 g/mol. The van der Waals surface area contributed by atoms with Crippen LogP contribution in [-0.4, -0.2) is 21.3 Å². The van der Waals surface area contributed by atoms with Gasteiger partial charge in [-0.05, 0) is 11.5 Å². The summed E-state index contributed by atoms with van der Waals surface area (Å²) in [4.78, 5) is 11.0. The summed E-state index contributed by atoms with van der Waals surface area (Å²) < 4.78 is 0. The van der Waals surface area contributed by atoms with Gasteiger partial charge in [0.15, 0.2) is 0 Å². The van der Waals surface area contributed by atoms with Crippen molar-refractivity contribution in [3.63, 3.8) is 0 Å². The highest BCUT2D eigenvalue weighted by Crippen LogP contribution is 2.30. The van der Waals surface area contributed by atoms with Crippen molar-refractivity contribution in [1.29, 1.82) is 0 Å². The van der Waals surface area contributed by atoms with E-state index in [1.54, 1.807) is 24.3 Å². The number of aromatic hydroxyl groups is 1. The highest BCUT2D eigenvalue weighted by atomic mass is 16.4. The molecule has 0 atom stereocenters. The van der Waals surface area contributed by atoms with Crippen LogP contribution in [0.25, 0.3) is 10.8 Å². The average molecular weight is 218 g/mol. The number of aromatic carboxylic acids is 1. The molecule has 2 rings (SSSR count). The lowest BCUT2D eigenvalue weighted by molar-refractivity contribution is 0.0693. The molecule has 3 N–H and O–H groups in total. The Bertz CT molecular complexity index is 560. The standard InChI is InChI=1S/C12H10O4/c13-6-10-7-3-1-2-4-8(7)11(14)5-9(10)12(15)16/h1-5,13-14H,6H2,(H,15,16). The lowest BCUT2D eigenvalue weighted by Crippen LogP contribution is -2.03. The van der Waals surface area contributed by atoms with Crippen LogP contribution in [0.15, 0.2) is 30.3 Å². The number of hydrogen-bond donors (Lipinski definition) is 3. The number of benzene rings is 2. The number of rotatable bonds is 2. The van der Waals surface area contributed by atoms with Gasteiger partial charge < -0.3 is 15.3 Å². The molecule has 0 heterocycles. The van der Waals surface area contributed by atoms with E-state index in [2.05, 4.69) is 0 Å². The Morgan fingerprint density at radius 3 is 2.38 bits per heavy atom. The molecule has 0 aliphatic carbocycles. The Hall–Kier alpha value is -2.07. The van der Waals surface area contributed by atoms with Gasteiger partial charge in [0.2, 0.25) is 0 Å². The zero-order chi connectivity index (χ0) is 11.7. The molecule has 2 aromatic rings. The number of carboxylic acid groups (broad SMARTS) is 1. The Labute approximate surface area is 91.4 Å². The summed E-state index contributed by atoms with van der Waals surface area (Å²) in [7, 11) is 0. The zero-order valence-electron chi connectivity index (χ0n) is 8.34. The highest BCUT2D eigenvalue weighted by Gasteiger charge is 2.15. The van der Waals surface area contributed by atoms with Crippen molar-refractivity contribution in [2.75, 3.05) is 0 Å². The van der Waals surface area contributed by atoms with Gasteiger partial charge in [-0.25, -0.2) is 4.79 Å². The molecule has 0 fully saturated rings. The summed E-state index contributed by atoms with van der Waals surface area (Å²) in [5, 5.41) is 28.9. The van der Waals surface area contributed by atoms with Gasteiger partial charge in [-0.3, -0.25) is 0 Å². The number of phenolic OH excluding ortho intramolecular Hbond substituents is 1. The van der Waals surface area contributed by atoms with Crippen molar-refractivity contribution in [2.45, 2.75) is 6.61 Å². The van der Waals surface area contributed by atoms with E-state index in [0.29, 0.717) is 16.3 Å². The minimum atomic E-state index is -1.16. The van der Waals surface area contributed by atoms with E-state index in [-0.39, 0.29) is 17.9 Å². The van der Waals surface area contributed by atoms with Crippen LogP contribution in [0.2, 0.25) is 0 Å². The van der Waals surface area contributed by atoms with Gasteiger partial charge in [0.05, 0.1) is 12.2 Å². The van der Waals surface area contributed by atoms with E-state index >= 15 is 0 Å². The fourth-order valence-electron chi connectivity index (χ4n) is 1.78. The van der Waals surface area contributed by atoms with E-state index in [9.17, 15) is 15.0 Å². The number of hydrogen-bond acceptors (Lipinski definition) is 3. The molecule has 0 aromatic heterocycles. The molecule has 0 aliphatic rings. The largest absolute Gasteiger partial charge is 0.507 e. The second kappa shape index (κ2) is 3.83. The molecule has 4 heteroatoms. The van der Waals surface area contributed by atoms with Gasteiger partial charge in [-0.15, -0.1) is 0 Å². The van der Waals surface area contributed by atoms with Crippen LogP contribution in [-0.2, 0) is 6.61 Å². The molecule has 0 unspecified atom stereocenters. The molecule has 2 aromatic carbocycles. The summed E-state index contributed by atoms with van der Waals surface area (Å²) in [6.45, 7) is -0.373. The number of aliphatic hydroxyl groups excluding tert-OH is 1. The number of carbonyl (C=O) groups is 1. The van der Waals surface area contributed by atoms with Crippen LogP contribution in [0.1, 0.15) is 15.9 Å². The number of carboxylic acids is 1. The molecule has 0 saturated heterocycles. The SMILES string of the molecule is O=C(O)c1cc(O)c2ccccc2c1CO. The first-order valence-corrected chi connectivity index (χ1v) is 4.73. The predicted octanol–water partition coefficient (Wildman–Crippen LogP) is 1.74. The van der Waals surface area contributed by atoms with Crippen molar-refractivity contribution in [1.82, 2.24) is 0 Å². The van der Waals surface area contributed by atoms with Crippen molar-refractivity contribution < 1.29 is 20.1 Å². The second-order valence-corrected chi connectivity index (χ2v) is 3.43. The van der Waals surface area contributed by atoms with Gasteiger partial charge in [-0.2, -0.15) is 0 Å². The van der Waals surface area contributed by atoms with Crippen LogP contribution in [0.5, 0.6) is 5.75 Å². The second-order valence-electron chi connectivity index (χ2n) is 3.43. The molecule has 0 amide bonds. The van der Waals surface area contributed by atoms with Gasteiger partial charge >= 0.3 is 5.97 Å². The van der Waals surface area contributed by atoms with Gasteiger partial charge in [-0.1, -0.05) is 24.3 Å². The third-order valence-corrected chi connectivity index (χ3v) is 2.52. The van der Waals surface area contributed by atoms with Crippen LogP contribution in [0, 0.1) is 0 Å². The van der Waals surface area contributed by atoms with Crippen LogP contribution >= 0.6 is 0 Å². The maximum absolute atomic E-state index is 11.0. The van der Waals surface area contributed by atoms with Crippen LogP contribution in [0.4, 0.5) is 0 Å². The summed E-state index contributed by atoms with van der Waals surface area (Å²) in [6.07, 6.45) is 0. The summed E-state index contributed by atoms with van der Waals surface area (Å²) in [5.74, 6) is -1.25. The first kappa shape index (κ1) is 10.4. The van der Waals surface area contributed by atoms with E-state index in [1.165, 1.54) is 0 Å². The van der Waals surface area contributed by atoms with Crippen molar-refractivity contribution in [3.8, 4) is 5.75 Å². The van der Waals surface area contributed by atoms with E-state index < -0.39 is 5.97 Å². The maximum atomic E-state index is 11.0. The Morgan fingerprint density at radius 1 is 1.19 bits per heavy atom. The Morgan fingerprint density at radius 2 is 1.81 bits per heavy atom. The van der Waals surface area contributed by atoms with Gasteiger partial charge in [0.1, 0.15) is 5.75 Å². The molecule has 0 bridgehead atoms. The van der Waals surface area contributed by atoms with E-state index in [4.69, 9.17) is 5.11 Å².